The van der Waals surface area contributed by atoms with Crippen molar-refractivity contribution >= 4 is 17.7 Å². The highest BCUT2D eigenvalue weighted by Gasteiger charge is 2.23. The molecule has 2 N–H and O–H groups in total. The summed E-state index contributed by atoms with van der Waals surface area (Å²) in [6, 6.07) is 4.36. The normalized spacial score (nSPS) is 18.6. The minimum Gasteiger partial charge on any atom is -0.465 e. The fourth-order valence-corrected chi connectivity index (χ4v) is 3.09. The molecule has 2 aliphatic heterocycles. The van der Waals surface area contributed by atoms with Gasteiger partial charge in [0.1, 0.15) is 5.82 Å². The van der Waals surface area contributed by atoms with E-state index in [4.69, 9.17) is 5.11 Å². The molecule has 7 nitrogen and oxygen atoms in total. The Hall–Kier alpha value is -2.35. The standard InChI is InChI=1S/C16H21FN4O3/c17-13-9-12(15(22)20-3-1-18-2-4-20)10-14(11-13)19-5-7-21(8-6-19)16(23)24/h9-11,18H,1-8H2,(H,23,24). The topological polar surface area (TPSA) is 76.1 Å². The number of piperazine rings is 2. The molecular weight excluding hydrogens is 315 g/mol. The van der Waals surface area contributed by atoms with Crippen LogP contribution in [-0.4, -0.2) is 79.3 Å². The number of nitrogens with zero attached hydrogens (tertiary/aromatic N) is 3. The van der Waals surface area contributed by atoms with Crippen LogP contribution in [0.1, 0.15) is 10.4 Å². The van der Waals surface area contributed by atoms with Crippen LogP contribution in [0.5, 0.6) is 0 Å². The van der Waals surface area contributed by atoms with Gasteiger partial charge < -0.3 is 25.1 Å². The van der Waals surface area contributed by atoms with Gasteiger partial charge in [-0.15, -0.1) is 0 Å². The molecule has 1 aromatic rings. The van der Waals surface area contributed by atoms with E-state index in [1.165, 1.54) is 17.0 Å². The zero-order valence-electron chi connectivity index (χ0n) is 13.4. The number of nitrogens with one attached hydrogen (secondary N) is 1. The minimum atomic E-state index is -0.941. The Balaban J connectivity index is 1.74. The van der Waals surface area contributed by atoms with Crippen LogP contribution in [0.4, 0.5) is 14.9 Å². The second kappa shape index (κ2) is 7.04. The fraction of sp³-hybridized carbons (Fsp3) is 0.500. The molecule has 3 rings (SSSR count). The third kappa shape index (κ3) is 3.59. The van der Waals surface area contributed by atoms with Crippen molar-refractivity contribution in [3.63, 3.8) is 0 Å². The predicted octanol–water partition coefficient (Wildman–Crippen LogP) is 0.671. The Morgan fingerprint density at radius 1 is 0.958 bits per heavy atom. The third-order valence-electron chi connectivity index (χ3n) is 4.45. The number of carboxylic acid groups (broad SMARTS) is 1. The summed E-state index contributed by atoms with van der Waals surface area (Å²) in [7, 11) is 0. The van der Waals surface area contributed by atoms with E-state index in [9.17, 15) is 14.0 Å². The maximum Gasteiger partial charge on any atom is 0.407 e. The maximum absolute atomic E-state index is 14.0. The van der Waals surface area contributed by atoms with Crippen LogP contribution in [0.25, 0.3) is 0 Å². The molecule has 2 aliphatic rings. The second-order valence-corrected chi connectivity index (χ2v) is 6.00. The highest BCUT2D eigenvalue weighted by atomic mass is 19.1. The number of hydrogen-bond donors (Lipinski definition) is 2. The molecule has 0 aliphatic carbocycles. The summed E-state index contributed by atoms with van der Waals surface area (Å²) in [5.41, 5.74) is 0.964. The lowest BCUT2D eigenvalue weighted by molar-refractivity contribution is 0.0735. The maximum atomic E-state index is 14.0. The Kier molecular flexibility index (Phi) is 4.84. The molecule has 0 radical (unpaired) electrons. The van der Waals surface area contributed by atoms with Gasteiger partial charge in [-0.1, -0.05) is 0 Å². The molecule has 2 fully saturated rings. The first-order valence-corrected chi connectivity index (χ1v) is 8.08. The summed E-state index contributed by atoms with van der Waals surface area (Å²) < 4.78 is 14.0. The van der Waals surface area contributed by atoms with Crippen molar-refractivity contribution in [3.05, 3.63) is 29.6 Å². The van der Waals surface area contributed by atoms with Crippen molar-refractivity contribution in [3.8, 4) is 0 Å². The lowest BCUT2D eigenvalue weighted by Crippen LogP contribution is -2.48. The van der Waals surface area contributed by atoms with Crippen molar-refractivity contribution < 1.29 is 19.1 Å². The van der Waals surface area contributed by atoms with Gasteiger partial charge in [0, 0.05) is 63.6 Å². The van der Waals surface area contributed by atoms with Crippen LogP contribution in [0.15, 0.2) is 18.2 Å². The number of amides is 2. The van der Waals surface area contributed by atoms with E-state index in [0.29, 0.717) is 50.5 Å². The van der Waals surface area contributed by atoms with Gasteiger partial charge in [0.2, 0.25) is 0 Å². The highest BCUT2D eigenvalue weighted by molar-refractivity contribution is 5.95. The van der Waals surface area contributed by atoms with E-state index in [1.807, 2.05) is 4.90 Å². The lowest BCUT2D eigenvalue weighted by atomic mass is 10.1. The summed E-state index contributed by atoms with van der Waals surface area (Å²) in [6.45, 7) is 4.41. The third-order valence-corrected chi connectivity index (χ3v) is 4.45. The van der Waals surface area contributed by atoms with Gasteiger partial charge in [0.05, 0.1) is 0 Å². The second-order valence-electron chi connectivity index (χ2n) is 6.00. The molecule has 1 aromatic carbocycles. The van der Waals surface area contributed by atoms with Crippen LogP contribution < -0.4 is 10.2 Å². The molecule has 24 heavy (non-hydrogen) atoms. The highest BCUT2D eigenvalue weighted by Crippen LogP contribution is 2.21. The van der Waals surface area contributed by atoms with Crippen LogP contribution in [0, 0.1) is 5.82 Å². The summed E-state index contributed by atoms with van der Waals surface area (Å²) in [4.78, 5) is 28.5. The number of rotatable bonds is 2. The molecule has 0 spiro atoms. The molecule has 2 heterocycles. The van der Waals surface area contributed by atoms with Crippen molar-refractivity contribution in [2.24, 2.45) is 0 Å². The molecule has 8 heteroatoms. The van der Waals surface area contributed by atoms with Gasteiger partial charge in [-0.25, -0.2) is 9.18 Å². The first-order valence-electron chi connectivity index (χ1n) is 8.08. The van der Waals surface area contributed by atoms with Gasteiger partial charge in [0.25, 0.3) is 5.91 Å². The average Bonchev–Trinajstić information content (AvgIpc) is 2.61. The molecule has 0 aromatic heterocycles. The van der Waals surface area contributed by atoms with E-state index >= 15 is 0 Å². The van der Waals surface area contributed by atoms with Crippen molar-refractivity contribution in [2.45, 2.75) is 0 Å². The summed E-state index contributed by atoms with van der Waals surface area (Å²) in [5.74, 6) is -0.618. The largest absolute Gasteiger partial charge is 0.465 e. The van der Waals surface area contributed by atoms with E-state index in [1.54, 1.807) is 11.0 Å². The Labute approximate surface area is 139 Å². The molecule has 0 bridgehead atoms. The van der Waals surface area contributed by atoms with Gasteiger partial charge in [-0.3, -0.25) is 4.79 Å². The Bertz CT molecular complexity index is 626. The fourth-order valence-electron chi connectivity index (χ4n) is 3.09. The van der Waals surface area contributed by atoms with Crippen LogP contribution in [0.3, 0.4) is 0 Å². The quantitative estimate of drug-likeness (QED) is 0.830. The zero-order chi connectivity index (χ0) is 17.1. The summed E-state index contributed by atoms with van der Waals surface area (Å²) in [5, 5.41) is 12.2. The Morgan fingerprint density at radius 3 is 2.25 bits per heavy atom. The van der Waals surface area contributed by atoms with E-state index in [-0.39, 0.29) is 5.91 Å². The summed E-state index contributed by atoms with van der Waals surface area (Å²) in [6.07, 6.45) is -0.941. The van der Waals surface area contributed by atoms with Crippen LogP contribution in [0.2, 0.25) is 0 Å². The van der Waals surface area contributed by atoms with Crippen LogP contribution in [-0.2, 0) is 0 Å². The van der Waals surface area contributed by atoms with Crippen molar-refractivity contribution in [2.75, 3.05) is 57.3 Å². The monoisotopic (exact) mass is 336 g/mol. The molecule has 0 atom stereocenters. The number of anilines is 1. The smallest absolute Gasteiger partial charge is 0.407 e. The van der Waals surface area contributed by atoms with Gasteiger partial charge in [-0.05, 0) is 18.2 Å². The van der Waals surface area contributed by atoms with Gasteiger partial charge in [-0.2, -0.15) is 0 Å². The first kappa shape index (κ1) is 16.5. The number of carbonyl (C=O) groups is 2. The van der Waals surface area contributed by atoms with Gasteiger partial charge >= 0.3 is 6.09 Å². The van der Waals surface area contributed by atoms with E-state index in [0.717, 1.165) is 13.1 Å². The van der Waals surface area contributed by atoms with Crippen LogP contribution >= 0.6 is 0 Å². The summed E-state index contributed by atoms with van der Waals surface area (Å²) >= 11 is 0. The number of halogens is 1. The molecule has 0 unspecified atom stereocenters. The van der Waals surface area contributed by atoms with E-state index < -0.39 is 11.9 Å². The number of hydrogen-bond acceptors (Lipinski definition) is 4. The molecule has 0 saturated carbocycles. The predicted molar refractivity (Wildman–Crippen MR) is 87.0 cm³/mol. The molecule has 2 saturated heterocycles. The number of benzene rings is 1. The molecule has 2 amide bonds. The van der Waals surface area contributed by atoms with Gasteiger partial charge in [0.15, 0.2) is 0 Å². The molecular formula is C16H21FN4O3. The van der Waals surface area contributed by atoms with Crippen molar-refractivity contribution in [1.82, 2.24) is 15.1 Å². The number of carbonyl (C=O) groups excluding carboxylic acids is 1. The molecule has 130 valence electrons. The zero-order valence-corrected chi connectivity index (χ0v) is 13.4. The van der Waals surface area contributed by atoms with E-state index in [2.05, 4.69) is 5.32 Å². The lowest BCUT2D eigenvalue weighted by Gasteiger charge is -2.35. The Morgan fingerprint density at radius 2 is 1.62 bits per heavy atom. The first-order chi connectivity index (χ1) is 11.5. The average molecular weight is 336 g/mol. The minimum absolute atomic E-state index is 0.165. The SMILES string of the molecule is O=C(O)N1CCN(c2cc(F)cc(C(=O)N3CCNCC3)c2)CC1. The van der Waals surface area contributed by atoms with Crippen molar-refractivity contribution in [1.29, 1.82) is 0 Å².